The Morgan fingerprint density at radius 3 is 2.29 bits per heavy atom. The molecule has 2 aromatic rings. The summed E-state index contributed by atoms with van der Waals surface area (Å²) >= 11 is 0. The van der Waals surface area contributed by atoms with Crippen LogP contribution in [0.1, 0.15) is 24.1 Å². The molecule has 0 aliphatic rings. The first-order valence-electron chi connectivity index (χ1n) is 7.19. The summed E-state index contributed by atoms with van der Waals surface area (Å²) in [6.45, 7) is 4.22. The van der Waals surface area contributed by atoms with Gasteiger partial charge in [-0.3, -0.25) is 0 Å². The molecule has 0 bridgehead atoms. The number of rotatable bonds is 5. The Bertz CT molecular complexity index is 591. The zero-order chi connectivity index (χ0) is 15.4. The van der Waals surface area contributed by atoms with Crippen molar-refractivity contribution in [3.63, 3.8) is 0 Å². The second-order valence-electron chi connectivity index (χ2n) is 5.55. The van der Waals surface area contributed by atoms with Crippen molar-refractivity contribution >= 4 is 11.4 Å². The van der Waals surface area contributed by atoms with E-state index in [0.717, 1.165) is 11.4 Å². The van der Waals surface area contributed by atoms with Crippen molar-refractivity contribution in [2.45, 2.75) is 19.9 Å². The number of methoxy groups -OCH3 is 1. The van der Waals surface area contributed by atoms with Crippen LogP contribution in [0.25, 0.3) is 0 Å². The summed E-state index contributed by atoms with van der Waals surface area (Å²) in [5, 5.41) is 3.52. The summed E-state index contributed by atoms with van der Waals surface area (Å²) in [6.07, 6.45) is 0. The van der Waals surface area contributed by atoms with Gasteiger partial charge in [0.1, 0.15) is 5.75 Å². The van der Waals surface area contributed by atoms with Crippen molar-refractivity contribution < 1.29 is 4.74 Å². The molecule has 2 rings (SSSR count). The minimum Gasteiger partial charge on any atom is -0.496 e. The van der Waals surface area contributed by atoms with Gasteiger partial charge in [0.05, 0.1) is 13.2 Å². The quantitative estimate of drug-likeness (QED) is 0.888. The second kappa shape index (κ2) is 6.53. The number of hydrogen-bond acceptors (Lipinski definition) is 3. The lowest BCUT2D eigenvalue weighted by Crippen LogP contribution is -2.10. The molecular formula is C18H24N2O. The first kappa shape index (κ1) is 15.2. The predicted molar refractivity (Wildman–Crippen MR) is 90.5 cm³/mol. The number of anilines is 2. The smallest absolute Gasteiger partial charge is 0.124 e. The Kier molecular flexibility index (Phi) is 4.73. The minimum absolute atomic E-state index is 0.186. The van der Waals surface area contributed by atoms with Crippen molar-refractivity contribution in [2.24, 2.45) is 0 Å². The monoisotopic (exact) mass is 284 g/mol. The Morgan fingerprint density at radius 2 is 1.71 bits per heavy atom. The number of benzene rings is 2. The van der Waals surface area contributed by atoms with E-state index in [1.807, 2.05) is 14.1 Å². The van der Waals surface area contributed by atoms with Crippen LogP contribution >= 0.6 is 0 Å². The van der Waals surface area contributed by atoms with Crippen molar-refractivity contribution in [3.05, 3.63) is 53.6 Å². The van der Waals surface area contributed by atoms with Crippen LogP contribution in [-0.4, -0.2) is 21.2 Å². The van der Waals surface area contributed by atoms with Crippen LogP contribution in [0.15, 0.2) is 42.5 Å². The van der Waals surface area contributed by atoms with Crippen molar-refractivity contribution in [1.29, 1.82) is 0 Å². The Balaban J connectivity index is 2.15. The molecule has 0 aliphatic carbocycles. The van der Waals surface area contributed by atoms with Crippen LogP contribution in [0.3, 0.4) is 0 Å². The molecule has 0 aliphatic heterocycles. The third-order valence-corrected chi connectivity index (χ3v) is 3.62. The normalized spacial score (nSPS) is 11.9. The summed E-state index contributed by atoms with van der Waals surface area (Å²) in [5.74, 6) is 0.930. The summed E-state index contributed by atoms with van der Waals surface area (Å²) in [7, 11) is 5.81. The molecule has 0 aromatic heterocycles. The first-order valence-corrected chi connectivity index (χ1v) is 7.19. The highest BCUT2D eigenvalue weighted by Gasteiger charge is 2.11. The van der Waals surface area contributed by atoms with Crippen LogP contribution in [0.2, 0.25) is 0 Å². The number of nitrogens with zero attached hydrogens (tertiary/aromatic N) is 1. The van der Waals surface area contributed by atoms with E-state index in [4.69, 9.17) is 4.74 Å². The predicted octanol–water partition coefficient (Wildman–Crippen LogP) is 4.24. The fourth-order valence-corrected chi connectivity index (χ4v) is 2.36. The highest BCUT2D eigenvalue weighted by molar-refractivity contribution is 5.55. The van der Waals surface area contributed by atoms with Gasteiger partial charge in [-0.15, -0.1) is 0 Å². The Hall–Kier alpha value is -2.16. The number of nitrogens with one attached hydrogen (secondary N) is 1. The molecule has 0 heterocycles. The van der Waals surface area contributed by atoms with E-state index >= 15 is 0 Å². The van der Waals surface area contributed by atoms with Gasteiger partial charge in [0.15, 0.2) is 0 Å². The third-order valence-electron chi connectivity index (χ3n) is 3.62. The molecule has 0 spiro atoms. The zero-order valence-corrected chi connectivity index (χ0v) is 13.5. The highest BCUT2D eigenvalue weighted by atomic mass is 16.5. The van der Waals surface area contributed by atoms with Gasteiger partial charge in [0.2, 0.25) is 0 Å². The zero-order valence-electron chi connectivity index (χ0n) is 13.5. The highest BCUT2D eigenvalue weighted by Crippen LogP contribution is 2.29. The molecule has 0 radical (unpaired) electrons. The van der Waals surface area contributed by atoms with E-state index in [0.29, 0.717) is 0 Å². The van der Waals surface area contributed by atoms with Crippen molar-refractivity contribution in [1.82, 2.24) is 0 Å². The molecule has 0 saturated heterocycles. The first-order chi connectivity index (χ1) is 10.0. The van der Waals surface area contributed by atoms with Gasteiger partial charge in [-0.05, 0) is 49.7 Å². The maximum atomic E-state index is 5.49. The van der Waals surface area contributed by atoms with Gasteiger partial charge in [-0.25, -0.2) is 0 Å². The molecule has 112 valence electrons. The van der Waals surface area contributed by atoms with Crippen LogP contribution in [0.4, 0.5) is 11.4 Å². The van der Waals surface area contributed by atoms with Gasteiger partial charge < -0.3 is 15.0 Å². The lowest BCUT2D eigenvalue weighted by molar-refractivity contribution is 0.407. The largest absolute Gasteiger partial charge is 0.496 e. The van der Waals surface area contributed by atoms with Gasteiger partial charge >= 0.3 is 0 Å². The molecule has 2 aromatic carbocycles. The third kappa shape index (κ3) is 3.69. The molecule has 0 fully saturated rings. The number of hydrogen-bond donors (Lipinski definition) is 1. The topological polar surface area (TPSA) is 24.5 Å². The van der Waals surface area contributed by atoms with Gasteiger partial charge in [-0.1, -0.05) is 12.1 Å². The van der Waals surface area contributed by atoms with Crippen LogP contribution in [0, 0.1) is 6.92 Å². The fraction of sp³-hybridized carbons (Fsp3) is 0.333. The van der Waals surface area contributed by atoms with E-state index in [-0.39, 0.29) is 6.04 Å². The van der Waals surface area contributed by atoms with Gasteiger partial charge in [0.25, 0.3) is 0 Å². The summed E-state index contributed by atoms with van der Waals surface area (Å²) in [6, 6.07) is 14.9. The van der Waals surface area contributed by atoms with E-state index in [9.17, 15) is 0 Å². The van der Waals surface area contributed by atoms with E-state index in [1.54, 1.807) is 7.11 Å². The SMILES string of the molecule is COc1cc(C)ccc1C(C)Nc1ccc(N(C)C)cc1. The second-order valence-corrected chi connectivity index (χ2v) is 5.55. The molecule has 1 unspecified atom stereocenters. The van der Waals surface area contributed by atoms with Crippen LogP contribution < -0.4 is 15.0 Å². The molecule has 1 atom stereocenters. The molecule has 0 amide bonds. The average molecular weight is 284 g/mol. The van der Waals surface area contributed by atoms with Crippen LogP contribution in [-0.2, 0) is 0 Å². The lowest BCUT2D eigenvalue weighted by Gasteiger charge is -2.20. The standard InChI is InChI=1S/C18H24N2O/c1-13-6-11-17(18(12-13)21-5)14(2)19-15-7-9-16(10-8-15)20(3)4/h6-12,14,19H,1-5H3. The number of ether oxygens (including phenoxy) is 1. The summed E-state index contributed by atoms with van der Waals surface area (Å²) < 4.78 is 5.49. The van der Waals surface area contributed by atoms with Gasteiger partial charge in [-0.2, -0.15) is 0 Å². The van der Waals surface area contributed by atoms with E-state index < -0.39 is 0 Å². The maximum absolute atomic E-state index is 5.49. The molecule has 3 heteroatoms. The number of aryl methyl sites for hydroxylation is 1. The molecular weight excluding hydrogens is 260 g/mol. The van der Waals surface area contributed by atoms with Crippen LogP contribution in [0.5, 0.6) is 5.75 Å². The molecule has 0 saturated carbocycles. The summed E-state index contributed by atoms with van der Waals surface area (Å²) in [5.41, 5.74) is 4.68. The molecule has 21 heavy (non-hydrogen) atoms. The van der Waals surface area contributed by atoms with E-state index in [2.05, 4.69) is 66.5 Å². The lowest BCUT2D eigenvalue weighted by atomic mass is 10.0. The molecule has 1 N–H and O–H groups in total. The van der Waals surface area contributed by atoms with Gasteiger partial charge in [0, 0.05) is 31.0 Å². The van der Waals surface area contributed by atoms with E-state index in [1.165, 1.54) is 16.8 Å². The summed E-state index contributed by atoms with van der Waals surface area (Å²) in [4.78, 5) is 2.09. The van der Waals surface area contributed by atoms with Crippen molar-refractivity contribution in [2.75, 3.05) is 31.4 Å². The fourth-order valence-electron chi connectivity index (χ4n) is 2.36. The Morgan fingerprint density at radius 1 is 1.05 bits per heavy atom. The van der Waals surface area contributed by atoms with Crippen molar-refractivity contribution in [3.8, 4) is 5.75 Å². The average Bonchev–Trinajstić information content (AvgIpc) is 2.47. The minimum atomic E-state index is 0.186. The molecule has 3 nitrogen and oxygen atoms in total. The Labute approximate surface area is 127 Å². The maximum Gasteiger partial charge on any atom is 0.124 e.